The van der Waals surface area contributed by atoms with Gasteiger partial charge in [0.15, 0.2) is 0 Å². The summed E-state index contributed by atoms with van der Waals surface area (Å²) in [5.74, 6) is -0.610. The van der Waals surface area contributed by atoms with Crippen LogP contribution in [0, 0.1) is 11.3 Å². The molecule has 2 heteroatoms. The normalized spacial score (nSPS) is 15.8. The van der Waals surface area contributed by atoms with E-state index in [4.69, 9.17) is 5.11 Å². The molecule has 15 heavy (non-hydrogen) atoms. The SMILES string of the molecule is CCCCCC=CC(C)(C(=O)O)C(C)C. The Bertz CT molecular complexity index is 219. The molecule has 88 valence electrons. The third kappa shape index (κ3) is 4.50. The highest BCUT2D eigenvalue weighted by Crippen LogP contribution is 2.29. The van der Waals surface area contributed by atoms with Gasteiger partial charge in [-0.3, -0.25) is 4.79 Å². The minimum Gasteiger partial charge on any atom is -0.481 e. The molecule has 0 aliphatic heterocycles. The molecule has 2 nitrogen and oxygen atoms in total. The van der Waals surface area contributed by atoms with E-state index in [0.29, 0.717) is 0 Å². The highest BCUT2D eigenvalue weighted by Gasteiger charge is 2.33. The second-order valence-corrected chi connectivity index (χ2v) is 4.64. The molecule has 0 saturated carbocycles. The number of rotatable bonds is 7. The lowest BCUT2D eigenvalue weighted by Gasteiger charge is -2.25. The zero-order valence-corrected chi connectivity index (χ0v) is 10.4. The second kappa shape index (κ2) is 6.65. The van der Waals surface area contributed by atoms with Crippen molar-refractivity contribution in [3.63, 3.8) is 0 Å². The Morgan fingerprint density at radius 1 is 1.40 bits per heavy atom. The highest BCUT2D eigenvalue weighted by atomic mass is 16.4. The second-order valence-electron chi connectivity index (χ2n) is 4.64. The number of carbonyl (C=O) groups is 1. The van der Waals surface area contributed by atoms with Crippen molar-refractivity contribution < 1.29 is 9.90 Å². The summed E-state index contributed by atoms with van der Waals surface area (Å²) in [5, 5.41) is 9.15. The molecule has 0 aromatic heterocycles. The van der Waals surface area contributed by atoms with Crippen molar-refractivity contribution in [3.05, 3.63) is 12.2 Å². The van der Waals surface area contributed by atoms with Crippen LogP contribution in [0.25, 0.3) is 0 Å². The Balaban J connectivity index is 4.24. The molecule has 0 aliphatic rings. The molecule has 1 unspecified atom stereocenters. The lowest BCUT2D eigenvalue weighted by molar-refractivity contribution is -0.147. The maximum atomic E-state index is 11.1. The van der Waals surface area contributed by atoms with Gasteiger partial charge in [-0.1, -0.05) is 45.8 Å². The Morgan fingerprint density at radius 2 is 2.00 bits per heavy atom. The fraction of sp³-hybridized carbons (Fsp3) is 0.769. The van der Waals surface area contributed by atoms with E-state index in [1.807, 2.05) is 26.0 Å². The Kier molecular flexibility index (Phi) is 6.30. The summed E-state index contributed by atoms with van der Waals surface area (Å²) in [6.07, 6.45) is 8.44. The van der Waals surface area contributed by atoms with Gasteiger partial charge in [-0.2, -0.15) is 0 Å². The molecule has 0 aromatic rings. The molecule has 0 heterocycles. The van der Waals surface area contributed by atoms with Gasteiger partial charge in [0.25, 0.3) is 0 Å². The van der Waals surface area contributed by atoms with E-state index in [-0.39, 0.29) is 5.92 Å². The van der Waals surface area contributed by atoms with Gasteiger partial charge in [0.1, 0.15) is 0 Å². The molecule has 0 aliphatic carbocycles. The van der Waals surface area contributed by atoms with E-state index in [9.17, 15) is 4.79 Å². The zero-order chi connectivity index (χ0) is 11.9. The molecule has 0 aromatic carbocycles. The molecule has 0 saturated heterocycles. The molecule has 0 radical (unpaired) electrons. The maximum Gasteiger partial charge on any atom is 0.313 e. The summed E-state index contributed by atoms with van der Waals surface area (Å²) in [4.78, 5) is 11.1. The van der Waals surface area contributed by atoms with E-state index in [1.165, 1.54) is 12.8 Å². The van der Waals surface area contributed by atoms with Gasteiger partial charge in [-0.05, 0) is 25.7 Å². The predicted octanol–water partition coefficient (Wildman–Crippen LogP) is 3.87. The Morgan fingerprint density at radius 3 is 2.40 bits per heavy atom. The quantitative estimate of drug-likeness (QED) is 0.514. The highest BCUT2D eigenvalue weighted by molar-refractivity contribution is 5.76. The molecule has 0 spiro atoms. The number of allylic oxidation sites excluding steroid dienone is 1. The van der Waals surface area contributed by atoms with E-state index in [0.717, 1.165) is 12.8 Å². The molecular weight excluding hydrogens is 188 g/mol. The van der Waals surface area contributed by atoms with E-state index in [2.05, 4.69) is 6.92 Å². The predicted molar refractivity (Wildman–Crippen MR) is 63.9 cm³/mol. The third-order valence-corrected chi connectivity index (χ3v) is 3.10. The van der Waals surface area contributed by atoms with Crippen LogP contribution in [0.5, 0.6) is 0 Å². The molecule has 1 N–H and O–H groups in total. The fourth-order valence-corrected chi connectivity index (χ4v) is 1.35. The average Bonchev–Trinajstić information content (AvgIpc) is 2.16. The standard InChI is InChI=1S/C13H24O2/c1-5-6-7-8-9-10-13(4,11(2)3)12(14)15/h9-11H,5-8H2,1-4H3,(H,14,15). The summed E-state index contributed by atoms with van der Waals surface area (Å²) in [7, 11) is 0. The summed E-state index contributed by atoms with van der Waals surface area (Å²) >= 11 is 0. The van der Waals surface area contributed by atoms with Crippen LogP contribution >= 0.6 is 0 Å². The first-order valence-electron chi connectivity index (χ1n) is 5.86. The summed E-state index contributed by atoms with van der Waals surface area (Å²) in [5.41, 5.74) is -0.716. The minimum absolute atomic E-state index is 0.123. The van der Waals surface area contributed by atoms with Crippen LogP contribution < -0.4 is 0 Å². The number of carboxylic acid groups (broad SMARTS) is 1. The largest absolute Gasteiger partial charge is 0.481 e. The number of hydrogen-bond acceptors (Lipinski definition) is 1. The molecule has 1 atom stereocenters. The van der Waals surface area contributed by atoms with Crippen molar-refractivity contribution >= 4 is 5.97 Å². The smallest absolute Gasteiger partial charge is 0.313 e. The van der Waals surface area contributed by atoms with E-state index >= 15 is 0 Å². The summed E-state index contributed by atoms with van der Waals surface area (Å²) < 4.78 is 0. The van der Waals surface area contributed by atoms with Crippen LogP contribution in [0.2, 0.25) is 0 Å². The van der Waals surface area contributed by atoms with Crippen molar-refractivity contribution in [1.82, 2.24) is 0 Å². The molecular formula is C13H24O2. The van der Waals surface area contributed by atoms with Crippen LogP contribution in [0.3, 0.4) is 0 Å². The number of unbranched alkanes of at least 4 members (excludes halogenated alkanes) is 3. The molecule has 0 fully saturated rings. The first-order chi connectivity index (χ1) is 6.95. The van der Waals surface area contributed by atoms with Crippen molar-refractivity contribution in [3.8, 4) is 0 Å². The lowest BCUT2D eigenvalue weighted by Crippen LogP contribution is -2.30. The van der Waals surface area contributed by atoms with Crippen molar-refractivity contribution in [1.29, 1.82) is 0 Å². The van der Waals surface area contributed by atoms with E-state index < -0.39 is 11.4 Å². The number of carboxylic acids is 1. The monoisotopic (exact) mass is 212 g/mol. The minimum atomic E-state index is -0.732. The van der Waals surface area contributed by atoms with Crippen molar-refractivity contribution in [2.45, 2.75) is 53.4 Å². The fourth-order valence-electron chi connectivity index (χ4n) is 1.35. The molecule has 0 bridgehead atoms. The maximum absolute atomic E-state index is 11.1. The number of aliphatic carboxylic acids is 1. The van der Waals surface area contributed by atoms with Gasteiger partial charge in [-0.15, -0.1) is 0 Å². The van der Waals surface area contributed by atoms with Gasteiger partial charge in [0.05, 0.1) is 5.41 Å². The molecule has 0 amide bonds. The van der Waals surface area contributed by atoms with Gasteiger partial charge < -0.3 is 5.11 Å². The van der Waals surface area contributed by atoms with Crippen LogP contribution in [0.15, 0.2) is 12.2 Å². The summed E-state index contributed by atoms with van der Waals surface area (Å²) in [6, 6.07) is 0. The Labute approximate surface area is 93.4 Å². The molecule has 0 rings (SSSR count). The Hall–Kier alpha value is -0.790. The van der Waals surface area contributed by atoms with Crippen molar-refractivity contribution in [2.24, 2.45) is 11.3 Å². The first kappa shape index (κ1) is 14.2. The van der Waals surface area contributed by atoms with Gasteiger partial charge in [0.2, 0.25) is 0 Å². The van der Waals surface area contributed by atoms with Crippen LogP contribution in [0.1, 0.15) is 53.4 Å². The average molecular weight is 212 g/mol. The summed E-state index contributed by atoms with van der Waals surface area (Å²) in [6.45, 7) is 7.85. The third-order valence-electron chi connectivity index (χ3n) is 3.10. The van der Waals surface area contributed by atoms with Gasteiger partial charge in [0, 0.05) is 0 Å². The van der Waals surface area contributed by atoms with E-state index in [1.54, 1.807) is 6.92 Å². The number of hydrogen-bond donors (Lipinski definition) is 1. The topological polar surface area (TPSA) is 37.3 Å². The van der Waals surface area contributed by atoms with Gasteiger partial charge >= 0.3 is 5.97 Å². The van der Waals surface area contributed by atoms with Crippen LogP contribution in [-0.2, 0) is 4.79 Å². The zero-order valence-electron chi connectivity index (χ0n) is 10.4. The van der Waals surface area contributed by atoms with Crippen LogP contribution in [0.4, 0.5) is 0 Å². The van der Waals surface area contributed by atoms with Gasteiger partial charge in [-0.25, -0.2) is 0 Å². The first-order valence-corrected chi connectivity index (χ1v) is 5.86. The van der Waals surface area contributed by atoms with Crippen molar-refractivity contribution in [2.75, 3.05) is 0 Å². The lowest BCUT2D eigenvalue weighted by atomic mass is 9.79. The van der Waals surface area contributed by atoms with Crippen LogP contribution in [-0.4, -0.2) is 11.1 Å².